The fraction of sp³-hybridized carbons (Fsp3) is 0.316. The molecule has 1 N–H and O–H groups in total. The number of carbonyl (C=O) groups excluding carboxylic acids is 1. The maximum atomic E-state index is 12.5. The van der Waals surface area contributed by atoms with E-state index < -0.39 is 12.6 Å². The summed E-state index contributed by atoms with van der Waals surface area (Å²) in [5.41, 5.74) is 2.30. The van der Waals surface area contributed by atoms with Crippen LogP contribution in [0.3, 0.4) is 0 Å². The Labute approximate surface area is 154 Å². The number of halogens is 2. The van der Waals surface area contributed by atoms with Crippen LogP contribution in [0.1, 0.15) is 33.6 Å². The standard InChI is InChI=1S/C19H18F2N2O4/c20-19(21)27-14-4-1-12(2-5-14)3-6-16(24)23-10-8-13-7-9-22-17(18(25)26)15(13)11-23/h1-2,4-5,7,9,19H,3,6,8,10-11H2,(H,25,26). The molecule has 8 heteroatoms. The fourth-order valence-electron chi connectivity index (χ4n) is 3.11. The summed E-state index contributed by atoms with van der Waals surface area (Å²) in [7, 11) is 0. The molecular weight excluding hydrogens is 358 g/mol. The first-order valence-electron chi connectivity index (χ1n) is 8.45. The van der Waals surface area contributed by atoms with Crippen LogP contribution in [-0.2, 0) is 24.2 Å². The van der Waals surface area contributed by atoms with Crippen LogP contribution in [0.25, 0.3) is 0 Å². The minimum absolute atomic E-state index is 0.0142. The second kappa shape index (κ2) is 8.11. The van der Waals surface area contributed by atoms with E-state index in [0.29, 0.717) is 24.9 Å². The number of hydrogen-bond acceptors (Lipinski definition) is 4. The molecule has 27 heavy (non-hydrogen) atoms. The van der Waals surface area contributed by atoms with E-state index >= 15 is 0 Å². The molecule has 6 nitrogen and oxygen atoms in total. The van der Waals surface area contributed by atoms with E-state index in [9.17, 15) is 23.5 Å². The van der Waals surface area contributed by atoms with Gasteiger partial charge in [-0.05, 0) is 42.2 Å². The van der Waals surface area contributed by atoms with Crippen molar-refractivity contribution in [2.45, 2.75) is 32.4 Å². The zero-order chi connectivity index (χ0) is 19.4. The molecule has 1 aliphatic rings. The van der Waals surface area contributed by atoms with Gasteiger partial charge < -0.3 is 14.7 Å². The Bertz CT molecular complexity index is 840. The molecule has 0 saturated heterocycles. The number of amides is 1. The number of pyridine rings is 1. The van der Waals surface area contributed by atoms with Gasteiger partial charge in [-0.15, -0.1) is 0 Å². The molecular formula is C19H18F2N2O4. The molecule has 2 aromatic rings. The quantitative estimate of drug-likeness (QED) is 0.839. The third-order valence-electron chi connectivity index (χ3n) is 4.48. The average molecular weight is 376 g/mol. The lowest BCUT2D eigenvalue weighted by Crippen LogP contribution is -2.37. The highest BCUT2D eigenvalue weighted by Gasteiger charge is 2.25. The Morgan fingerprint density at radius 3 is 2.63 bits per heavy atom. The molecule has 2 heterocycles. The van der Waals surface area contributed by atoms with Gasteiger partial charge >= 0.3 is 12.6 Å². The molecule has 0 bridgehead atoms. The molecule has 0 radical (unpaired) electrons. The largest absolute Gasteiger partial charge is 0.477 e. The van der Waals surface area contributed by atoms with Crippen LogP contribution >= 0.6 is 0 Å². The zero-order valence-corrected chi connectivity index (χ0v) is 14.4. The number of carboxylic acid groups (broad SMARTS) is 1. The molecule has 3 rings (SSSR count). The normalized spacial score (nSPS) is 13.4. The Kier molecular flexibility index (Phi) is 5.63. The van der Waals surface area contributed by atoms with Crippen LogP contribution < -0.4 is 4.74 Å². The lowest BCUT2D eigenvalue weighted by atomic mass is 9.98. The number of aromatic nitrogens is 1. The number of hydrogen-bond donors (Lipinski definition) is 1. The van der Waals surface area contributed by atoms with Gasteiger partial charge in [0.2, 0.25) is 5.91 Å². The smallest absolute Gasteiger partial charge is 0.387 e. The van der Waals surface area contributed by atoms with Gasteiger partial charge in [0.25, 0.3) is 0 Å². The van der Waals surface area contributed by atoms with Crippen LogP contribution in [0.4, 0.5) is 8.78 Å². The molecule has 1 aliphatic heterocycles. The molecule has 1 amide bonds. The first kappa shape index (κ1) is 18.8. The summed E-state index contributed by atoms with van der Waals surface area (Å²) in [6, 6.07) is 7.94. The number of benzene rings is 1. The first-order chi connectivity index (χ1) is 12.9. The highest BCUT2D eigenvalue weighted by Crippen LogP contribution is 2.22. The zero-order valence-electron chi connectivity index (χ0n) is 14.4. The summed E-state index contributed by atoms with van der Waals surface area (Å²) < 4.78 is 28.6. The lowest BCUT2D eigenvalue weighted by molar-refractivity contribution is -0.132. The van der Waals surface area contributed by atoms with Gasteiger partial charge in [-0.3, -0.25) is 4.79 Å². The lowest BCUT2D eigenvalue weighted by Gasteiger charge is -2.29. The molecule has 0 spiro atoms. The molecule has 0 saturated carbocycles. The van der Waals surface area contributed by atoms with Crippen LogP contribution in [0, 0.1) is 0 Å². The van der Waals surface area contributed by atoms with Crippen molar-refractivity contribution in [2.75, 3.05) is 6.54 Å². The van der Waals surface area contributed by atoms with Gasteiger partial charge in [-0.2, -0.15) is 8.78 Å². The van der Waals surface area contributed by atoms with Crippen molar-refractivity contribution in [2.24, 2.45) is 0 Å². The summed E-state index contributed by atoms with van der Waals surface area (Å²) in [5, 5.41) is 9.27. The molecule has 1 aromatic heterocycles. The van der Waals surface area contributed by atoms with Gasteiger partial charge in [0, 0.05) is 31.3 Å². The van der Waals surface area contributed by atoms with Crippen LogP contribution in [0.5, 0.6) is 5.75 Å². The highest BCUT2D eigenvalue weighted by molar-refractivity contribution is 5.88. The summed E-state index contributed by atoms with van der Waals surface area (Å²) in [4.78, 5) is 29.4. The van der Waals surface area contributed by atoms with Crippen molar-refractivity contribution in [1.82, 2.24) is 9.88 Å². The summed E-state index contributed by atoms with van der Waals surface area (Å²) in [6.07, 6.45) is 2.76. The van der Waals surface area contributed by atoms with Crippen molar-refractivity contribution in [3.05, 3.63) is 58.9 Å². The second-order valence-electron chi connectivity index (χ2n) is 6.19. The summed E-state index contributed by atoms with van der Waals surface area (Å²) in [6.45, 7) is -2.12. The van der Waals surface area contributed by atoms with Crippen molar-refractivity contribution in [1.29, 1.82) is 0 Å². The van der Waals surface area contributed by atoms with E-state index in [1.165, 1.54) is 18.3 Å². The number of fused-ring (bicyclic) bond motifs is 1. The molecule has 142 valence electrons. The molecule has 1 aromatic carbocycles. The number of carboxylic acids is 1. The minimum Gasteiger partial charge on any atom is -0.477 e. The Morgan fingerprint density at radius 2 is 1.96 bits per heavy atom. The van der Waals surface area contributed by atoms with E-state index in [1.54, 1.807) is 23.1 Å². The first-order valence-corrected chi connectivity index (χ1v) is 8.45. The predicted octanol–water partition coefficient (Wildman–Crippen LogP) is 2.90. The number of ether oxygens (including phenoxy) is 1. The maximum absolute atomic E-state index is 12.5. The Morgan fingerprint density at radius 1 is 1.22 bits per heavy atom. The number of aryl methyl sites for hydroxylation is 1. The minimum atomic E-state index is -2.87. The van der Waals surface area contributed by atoms with Crippen molar-refractivity contribution < 1.29 is 28.2 Å². The highest BCUT2D eigenvalue weighted by atomic mass is 19.3. The van der Waals surface area contributed by atoms with E-state index in [0.717, 1.165) is 11.1 Å². The van der Waals surface area contributed by atoms with Crippen LogP contribution in [0.2, 0.25) is 0 Å². The molecule has 0 fully saturated rings. The van der Waals surface area contributed by atoms with E-state index in [-0.39, 0.29) is 30.3 Å². The molecule has 0 atom stereocenters. The number of nitrogens with zero attached hydrogens (tertiary/aromatic N) is 2. The van der Waals surface area contributed by atoms with Crippen molar-refractivity contribution in [3.63, 3.8) is 0 Å². The second-order valence-corrected chi connectivity index (χ2v) is 6.19. The number of alkyl halides is 2. The Hall–Kier alpha value is -3.03. The predicted molar refractivity (Wildman–Crippen MR) is 91.7 cm³/mol. The fourth-order valence-corrected chi connectivity index (χ4v) is 3.11. The van der Waals surface area contributed by atoms with Gasteiger partial charge in [0.1, 0.15) is 5.75 Å². The number of rotatable bonds is 6. The third kappa shape index (κ3) is 4.58. The van der Waals surface area contributed by atoms with Crippen LogP contribution in [-0.4, -0.2) is 40.0 Å². The van der Waals surface area contributed by atoms with Gasteiger partial charge in [0.05, 0.1) is 0 Å². The molecule has 0 unspecified atom stereocenters. The van der Waals surface area contributed by atoms with Gasteiger partial charge in [-0.1, -0.05) is 12.1 Å². The third-order valence-corrected chi connectivity index (χ3v) is 4.48. The van der Waals surface area contributed by atoms with Crippen molar-refractivity contribution >= 4 is 11.9 Å². The van der Waals surface area contributed by atoms with Crippen LogP contribution in [0.15, 0.2) is 36.5 Å². The maximum Gasteiger partial charge on any atom is 0.387 e. The topological polar surface area (TPSA) is 79.7 Å². The summed E-state index contributed by atoms with van der Waals surface area (Å²) in [5.74, 6) is -1.12. The number of carbonyl (C=O) groups is 2. The summed E-state index contributed by atoms with van der Waals surface area (Å²) >= 11 is 0. The number of aromatic carboxylic acids is 1. The average Bonchev–Trinajstić information content (AvgIpc) is 2.65. The van der Waals surface area contributed by atoms with Gasteiger partial charge in [-0.25, -0.2) is 9.78 Å². The molecule has 0 aliphatic carbocycles. The SMILES string of the molecule is O=C(O)c1nccc2c1CN(C(=O)CCc1ccc(OC(F)F)cc1)CC2. The van der Waals surface area contributed by atoms with E-state index in [1.807, 2.05) is 0 Å². The van der Waals surface area contributed by atoms with E-state index in [2.05, 4.69) is 9.72 Å². The van der Waals surface area contributed by atoms with Gasteiger partial charge in [0.15, 0.2) is 5.69 Å². The van der Waals surface area contributed by atoms with E-state index in [4.69, 9.17) is 0 Å². The van der Waals surface area contributed by atoms with Crippen molar-refractivity contribution in [3.8, 4) is 5.75 Å². The monoisotopic (exact) mass is 376 g/mol. The Balaban J connectivity index is 1.60.